The number of rotatable bonds is 3. The van der Waals surface area contributed by atoms with Crippen molar-refractivity contribution in [2.45, 2.75) is 43.9 Å². The SMILES string of the molecule is c1ccc(-n2c3ccccc3c3c(-c4ccc(C56CC7CC(CC(C7)C5)C6)cc4)cccc32)cc1. The summed E-state index contributed by atoms with van der Waals surface area (Å²) in [6, 6.07) is 36.2. The van der Waals surface area contributed by atoms with Gasteiger partial charge >= 0.3 is 0 Å². The fraction of sp³-hybridized carbons (Fsp3) is 0.294. The second-order valence-electron chi connectivity index (χ2n) is 11.7. The molecule has 4 aliphatic rings. The minimum absolute atomic E-state index is 0.461. The van der Waals surface area contributed by atoms with Crippen molar-refractivity contribution in [3.05, 3.63) is 103 Å². The molecular weight excluding hydrogens is 422 g/mol. The van der Waals surface area contributed by atoms with Crippen LogP contribution in [0.4, 0.5) is 0 Å². The van der Waals surface area contributed by atoms with Gasteiger partial charge < -0.3 is 4.57 Å². The van der Waals surface area contributed by atoms with Crippen molar-refractivity contribution < 1.29 is 0 Å². The van der Waals surface area contributed by atoms with Crippen LogP contribution in [0.1, 0.15) is 44.1 Å². The van der Waals surface area contributed by atoms with Crippen LogP contribution < -0.4 is 0 Å². The van der Waals surface area contributed by atoms with Crippen LogP contribution in [0.3, 0.4) is 0 Å². The Morgan fingerprint density at radius 1 is 0.571 bits per heavy atom. The zero-order valence-corrected chi connectivity index (χ0v) is 20.2. The molecule has 4 saturated carbocycles. The van der Waals surface area contributed by atoms with E-state index >= 15 is 0 Å². The Morgan fingerprint density at radius 2 is 1.20 bits per heavy atom. The van der Waals surface area contributed by atoms with Gasteiger partial charge in [-0.05, 0) is 103 Å². The molecule has 5 aromatic rings. The summed E-state index contributed by atoms with van der Waals surface area (Å²) in [7, 11) is 0. The molecule has 0 aliphatic heterocycles. The first-order chi connectivity index (χ1) is 17.3. The standard InChI is InChI=1S/C34H31N/c1-2-7-28(8-3-1)35-31-11-5-4-9-30(31)33-29(10-6-12-32(33)35)26-13-15-27(16-14-26)34-20-23-17-24(21-34)19-25(18-23)22-34/h1-16,23-25H,17-22H2. The fourth-order valence-corrected chi connectivity index (χ4v) is 8.58. The molecule has 0 unspecified atom stereocenters. The predicted molar refractivity (Wildman–Crippen MR) is 146 cm³/mol. The molecule has 4 aliphatic carbocycles. The molecule has 9 rings (SSSR count). The summed E-state index contributed by atoms with van der Waals surface area (Å²) in [5.74, 6) is 2.95. The van der Waals surface area contributed by atoms with Crippen LogP contribution in [-0.4, -0.2) is 4.57 Å². The molecule has 4 bridgehead atoms. The van der Waals surface area contributed by atoms with Gasteiger partial charge in [-0.3, -0.25) is 0 Å². The summed E-state index contributed by atoms with van der Waals surface area (Å²) < 4.78 is 2.41. The van der Waals surface area contributed by atoms with Crippen molar-refractivity contribution in [1.82, 2.24) is 4.57 Å². The molecule has 4 aromatic carbocycles. The van der Waals surface area contributed by atoms with Crippen LogP contribution in [0.25, 0.3) is 38.6 Å². The second kappa shape index (κ2) is 7.34. The second-order valence-corrected chi connectivity index (χ2v) is 11.7. The number of para-hydroxylation sites is 2. The lowest BCUT2D eigenvalue weighted by atomic mass is 9.48. The first-order valence-electron chi connectivity index (χ1n) is 13.5. The molecular formula is C34H31N. The summed E-state index contributed by atoms with van der Waals surface area (Å²) in [5.41, 5.74) is 8.51. The first kappa shape index (κ1) is 19.9. The van der Waals surface area contributed by atoms with Gasteiger partial charge in [-0.2, -0.15) is 0 Å². The van der Waals surface area contributed by atoms with Gasteiger partial charge in [0, 0.05) is 16.5 Å². The summed E-state index contributed by atoms with van der Waals surface area (Å²) in [6.07, 6.45) is 8.80. The number of hydrogen-bond donors (Lipinski definition) is 0. The minimum atomic E-state index is 0.461. The number of fused-ring (bicyclic) bond motifs is 3. The molecule has 0 N–H and O–H groups in total. The van der Waals surface area contributed by atoms with E-state index in [9.17, 15) is 0 Å². The maximum atomic E-state index is 2.48. The fourth-order valence-electron chi connectivity index (χ4n) is 8.58. The Labute approximate surface area is 207 Å². The number of hydrogen-bond acceptors (Lipinski definition) is 0. The molecule has 1 heteroatoms. The lowest BCUT2D eigenvalue weighted by Crippen LogP contribution is -2.48. The van der Waals surface area contributed by atoms with Crippen molar-refractivity contribution in [1.29, 1.82) is 0 Å². The molecule has 4 fully saturated rings. The van der Waals surface area contributed by atoms with E-state index in [4.69, 9.17) is 0 Å². The van der Waals surface area contributed by atoms with E-state index in [0.717, 1.165) is 17.8 Å². The van der Waals surface area contributed by atoms with Gasteiger partial charge in [0.15, 0.2) is 0 Å². The van der Waals surface area contributed by atoms with Crippen LogP contribution in [0.2, 0.25) is 0 Å². The zero-order valence-electron chi connectivity index (χ0n) is 20.2. The molecule has 35 heavy (non-hydrogen) atoms. The van der Waals surface area contributed by atoms with E-state index in [-0.39, 0.29) is 0 Å². The molecule has 1 nitrogen and oxygen atoms in total. The zero-order chi connectivity index (χ0) is 23.0. The van der Waals surface area contributed by atoms with Gasteiger partial charge in [0.05, 0.1) is 11.0 Å². The predicted octanol–water partition coefficient (Wildman–Crippen LogP) is 8.92. The van der Waals surface area contributed by atoms with Crippen molar-refractivity contribution >= 4 is 21.8 Å². The average Bonchev–Trinajstić information content (AvgIpc) is 3.23. The Bertz CT molecular complexity index is 1520. The Balaban J connectivity index is 1.27. The molecule has 172 valence electrons. The maximum Gasteiger partial charge on any atom is 0.0547 e. The van der Waals surface area contributed by atoms with Gasteiger partial charge in [-0.1, -0.05) is 72.8 Å². The normalized spacial score (nSPS) is 27.1. The third-order valence-electron chi connectivity index (χ3n) is 9.56. The number of benzene rings is 4. The van der Waals surface area contributed by atoms with Gasteiger partial charge in [0.1, 0.15) is 0 Å². The van der Waals surface area contributed by atoms with Crippen molar-refractivity contribution in [2.24, 2.45) is 17.8 Å². The van der Waals surface area contributed by atoms with E-state index in [1.54, 1.807) is 5.56 Å². The third kappa shape index (κ3) is 2.94. The van der Waals surface area contributed by atoms with Crippen molar-refractivity contribution in [3.63, 3.8) is 0 Å². The highest BCUT2D eigenvalue weighted by molar-refractivity contribution is 6.15. The van der Waals surface area contributed by atoms with Gasteiger partial charge in [0.2, 0.25) is 0 Å². The van der Waals surface area contributed by atoms with Gasteiger partial charge in [-0.25, -0.2) is 0 Å². The third-order valence-corrected chi connectivity index (χ3v) is 9.56. The molecule has 0 spiro atoms. The molecule has 0 radical (unpaired) electrons. The van der Waals surface area contributed by atoms with E-state index < -0.39 is 0 Å². The Kier molecular flexibility index (Phi) is 4.18. The van der Waals surface area contributed by atoms with Crippen LogP contribution in [0.5, 0.6) is 0 Å². The lowest BCUT2D eigenvalue weighted by Gasteiger charge is -2.57. The van der Waals surface area contributed by atoms with E-state index in [1.165, 1.54) is 77.1 Å². The topological polar surface area (TPSA) is 4.93 Å². The van der Waals surface area contributed by atoms with E-state index in [2.05, 4.69) is 102 Å². The van der Waals surface area contributed by atoms with Crippen molar-refractivity contribution in [3.8, 4) is 16.8 Å². The minimum Gasteiger partial charge on any atom is -0.309 e. The summed E-state index contributed by atoms with van der Waals surface area (Å²) in [5, 5.41) is 2.68. The molecule has 0 amide bonds. The van der Waals surface area contributed by atoms with Crippen LogP contribution in [-0.2, 0) is 5.41 Å². The largest absolute Gasteiger partial charge is 0.309 e. The summed E-state index contributed by atoms with van der Waals surface area (Å²) in [4.78, 5) is 0. The maximum absolute atomic E-state index is 2.48. The highest BCUT2D eigenvalue weighted by atomic mass is 15.0. The monoisotopic (exact) mass is 453 g/mol. The number of nitrogens with zero attached hydrogens (tertiary/aromatic N) is 1. The first-order valence-corrected chi connectivity index (χ1v) is 13.5. The average molecular weight is 454 g/mol. The van der Waals surface area contributed by atoms with E-state index in [1.807, 2.05) is 0 Å². The van der Waals surface area contributed by atoms with E-state index in [0.29, 0.717) is 5.41 Å². The molecule has 0 saturated heterocycles. The van der Waals surface area contributed by atoms with Crippen LogP contribution in [0, 0.1) is 17.8 Å². The van der Waals surface area contributed by atoms with Crippen LogP contribution in [0.15, 0.2) is 97.1 Å². The quantitative estimate of drug-likeness (QED) is 0.257. The molecule has 1 heterocycles. The van der Waals surface area contributed by atoms with Crippen LogP contribution >= 0.6 is 0 Å². The summed E-state index contributed by atoms with van der Waals surface area (Å²) >= 11 is 0. The van der Waals surface area contributed by atoms with Gasteiger partial charge in [0.25, 0.3) is 0 Å². The highest BCUT2D eigenvalue weighted by Crippen LogP contribution is 2.60. The summed E-state index contributed by atoms with van der Waals surface area (Å²) in [6.45, 7) is 0. The van der Waals surface area contributed by atoms with Crippen molar-refractivity contribution in [2.75, 3.05) is 0 Å². The molecule has 0 atom stereocenters. The smallest absolute Gasteiger partial charge is 0.0547 e. The number of aromatic nitrogens is 1. The Hall–Kier alpha value is -3.32. The Morgan fingerprint density at radius 3 is 1.91 bits per heavy atom. The molecule has 1 aromatic heterocycles. The van der Waals surface area contributed by atoms with Gasteiger partial charge in [-0.15, -0.1) is 0 Å². The highest BCUT2D eigenvalue weighted by Gasteiger charge is 2.51. The lowest BCUT2D eigenvalue weighted by molar-refractivity contribution is -0.00518.